The number of amides is 1. The number of fused-ring (bicyclic) bond motifs is 2. The van der Waals surface area contributed by atoms with E-state index in [9.17, 15) is 14.3 Å². The van der Waals surface area contributed by atoms with E-state index in [1.807, 2.05) is 6.07 Å². The van der Waals surface area contributed by atoms with Crippen molar-refractivity contribution in [2.75, 3.05) is 24.5 Å². The minimum atomic E-state index is -1.12. The quantitative estimate of drug-likeness (QED) is 0.349. The molecule has 4 aromatic rings. The Balaban J connectivity index is 1.64. The topological polar surface area (TPSA) is 106 Å². The molecule has 1 aliphatic rings. The first-order valence-electron chi connectivity index (χ1n) is 10.8. The van der Waals surface area contributed by atoms with Crippen LogP contribution in [0.3, 0.4) is 0 Å². The first kappa shape index (κ1) is 23.9. The van der Waals surface area contributed by atoms with Crippen LogP contribution in [0.5, 0.6) is 0 Å². The van der Waals surface area contributed by atoms with E-state index in [-0.39, 0.29) is 64.3 Å². The van der Waals surface area contributed by atoms with Gasteiger partial charge in [-0.1, -0.05) is 35.9 Å². The van der Waals surface area contributed by atoms with E-state index in [1.165, 1.54) is 17.2 Å². The number of aromatic nitrogens is 3. The molecule has 0 spiro atoms. The number of pyridine rings is 1. The molecule has 0 aliphatic carbocycles. The molecule has 1 atom stereocenters. The number of carbonyl (C=O) groups is 1. The predicted molar refractivity (Wildman–Crippen MR) is 131 cm³/mol. The molecule has 8 nitrogen and oxygen atoms in total. The Morgan fingerprint density at radius 1 is 1.19 bits per heavy atom. The van der Waals surface area contributed by atoms with Crippen molar-refractivity contribution in [1.82, 2.24) is 19.9 Å². The van der Waals surface area contributed by atoms with Crippen LogP contribution in [0.4, 0.5) is 19.4 Å². The molecule has 1 unspecified atom stereocenters. The van der Waals surface area contributed by atoms with Crippen LogP contribution in [-0.2, 0) is 0 Å². The zero-order valence-corrected chi connectivity index (χ0v) is 19.9. The fourth-order valence-corrected chi connectivity index (χ4v) is 4.97. The average molecular weight is 529 g/mol. The van der Waals surface area contributed by atoms with Crippen molar-refractivity contribution in [3.8, 4) is 17.3 Å². The van der Waals surface area contributed by atoms with Crippen LogP contribution < -0.4 is 4.90 Å². The summed E-state index contributed by atoms with van der Waals surface area (Å²) in [5.74, 6) is -1.15. The molecule has 3 heterocycles. The molecule has 5 rings (SSSR count). The van der Waals surface area contributed by atoms with Crippen molar-refractivity contribution in [3.05, 3.63) is 58.5 Å². The monoisotopic (exact) mass is 528 g/mol. The maximum atomic E-state index is 15.9. The smallest absolute Gasteiger partial charge is 0.407 e. The zero-order valence-electron chi connectivity index (χ0n) is 18.4. The molecule has 2 aromatic carbocycles. The second-order valence-corrected chi connectivity index (χ2v) is 8.92. The normalized spacial score (nSPS) is 15.9. The maximum absolute atomic E-state index is 15.9. The molecule has 1 N–H and O–H groups in total. The number of nitriles is 1. The third kappa shape index (κ3) is 4.00. The SMILES string of the molecule is N#CCC1CN(c2nc(Cl)nc3c(F)c(-c4cccc5ccc(F)c(Cl)c45)ncc23)CCN1C(=O)O. The van der Waals surface area contributed by atoms with Crippen LogP contribution in [-0.4, -0.2) is 56.7 Å². The number of nitrogens with zero attached hydrogens (tertiary/aromatic N) is 6. The van der Waals surface area contributed by atoms with Gasteiger partial charge in [0.2, 0.25) is 5.28 Å². The number of anilines is 1. The van der Waals surface area contributed by atoms with E-state index in [2.05, 4.69) is 15.0 Å². The van der Waals surface area contributed by atoms with Gasteiger partial charge in [-0.05, 0) is 23.1 Å². The van der Waals surface area contributed by atoms with Gasteiger partial charge < -0.3 is 14.9 Å². The summed E-state index contributed by atoms with van der Waals surface area (Å²) in [5.41, 5.74) is 0.105. The molecule has 1 aliphatic heterocycles. The van der Waals surface area contributed by atoms with Crippen molar-refractivity contribution in [2.45, 2.75) is 12.5 Å². The summed E-state index contributed by atoms with van der Waals surface area (Å²) in [5, 5.41) is 19.4. The summed E-state index contributed by atoms with van der Waals surface area (Å²) in [7, 11) is 0. The van der Waals surface area contributed by atoms with Gasteiger partial charge in [-0.15, -0.1) is 0 Å². The van der Waals surface area contributed by atoms with Gasteiger partial charge in [0, 0.05) is 36.8 Å². The fraction of sp³-hybridized carbons (Fsp3) is 0.208. The van der Waals surface area contributed by atoms with Crippen LogP contribution in [0.15, 0.2) is 36.5 Å². The van der Waals surface area contributed by atoms with Crippen molar-refractivity contribution < 1.29 is 18.7 Å². The number of hydrogen-bond acceptors (Lipinski definition) is 6. The standard InChI is InChI=1S/C24H16Cl2F2N6O2/c25-18-16(27)5-4-12-2-1-3-14(17(12)18)20-19(28)21-15(10-30-20)22(32-23(26)31-21)33-8-9-34(24(35)36)13(11-33)6-7-29/h1-5,10,13H,6,8-9,11H2,(H,35,36). The molecular formula is C24H16Cl2F2N6O2. The molecule has 1 saturated heterocycles. The lowest BCUT2D eigenvalue weighted by atomic mass is 10.0. The van der Waals surface area contributed by atoms with Gasteiger partial charge in [-0.25, -0.2) is 18.6 Å². The largest absolute Gasteiger partial charge is 0.465 e. The van der Waals surface area contributed by atoms with Crippen molar-refractivity contribution >= 4 is 56.8 Å². The van der Waals surface area contributed by atoms with Gasteiger partial charge in [0.25, 0.3) is 0 Å². The van der Waals surface area contributed by atoms with Crippen LogP contribution in [0.1, 0.15) is 6.42 Å². The van der Waals surface area contributed by atoms with Gasteiger partial charge in [-0.3, -0.25) is 4.98 Å². The molecule has 0 saturated carbocycles. The lowest BCUT2D eigenvalue weighted by molar-refractivity contribution is 0.119. The molecule has 36 heavy (non-hydrogen) atoms. The molecule has 12 heteroatoms. The second kappa shape index (κ2) is 9.33. The van der Waals surface area contributed by atoms with Crippen LogP contribution in [0.25, 0.3) is 32.9 Å². The van der Waals surface area contributed by atoms with Gasteiger partial charge in [0.1, 0.15) is 22.8 Å². The summed E-state index contributed by atoms with van der Waals surface area (Å²) >= 11 is 12.4. The fourth-order valence-electron chi connectivity index (χ4n) is 4.53. The van der Waals surface area contributed by atoms with Gasteiger partial charge in [0.05, 0.1) is 28.9 Å². The summed E-state index contributed by atoms with van der Waals surface area (Å²) in [4.78, 5) is 27.2. The van der Waals surface area contributed by atoms with E-state index in [1.54, 1.807) is 29.2 Å². The van der Waals surface area contributed by atoms with Crippen LogP contribution >= 0.6 is 23.2 Å². The Morgan fingerprint density at radius 2 is 2.00 bits per heavy atom. The van der Waals surface area contributed by atoms with Crippen LogP contribution in [0, 0.1) is 23.0 Å². The van der Waals surface area contributed by atoms with Gasteiger partial charge in [-0.2, -0.15) is 10.2 Å². The highest BCUT2D eigenvalue weighted by Gasteiger charge is 2.32. The Morgan fingerprint density at radius 3 is 2.75 bits per heavy atom. The molecule has 1 amide bonds. The van der Waals surface area contributed by atoms with Crippen molar-refractivity contribution in [3.63, 3.8) is 0 Å². The number of benzene rings is 2. The zero-order chi connectivity index (χ0) is 25.6. The number of rotatable bonds is 3. The lowest BCUT2D eigenvalue weighted by Crippen LogP contribution is -2.55. The summed E-state index contributed by atoms with van der Waals surface area (Å²) in [6.07, 6.45) is 0.256. The number of hydrogen-bond donors (Lipinski definition) is 1. The number of halogens is 4. The van der Waals surface area contributed by atoms with Crippen molar-refractivity contribution in [1.29, 1.82) is 5.26 Å². The predicted octanol–water partition coefficient (Wildman–Crippen LogP) is 5.51. The van der Waals surface area contributed by atoms with Gasteiger partial charge in [0.15, 0.2) is 5.82 Å². The van der Waals surface area contributed by atoms with Crippen molar-refractivity contribution in [2.24, 2.45) is 0 Å². The highest BCUT2D eigenvalue weighted by molar-refractivity contribution is 6.36. The van der Waals surface area contributed by atoms with Gasteiger partial charge >= 0.3 is 6.09 Å². The first-order valence-corrected chi connectivity index (χ1v) is 11.6. The Hall–Kier alpha value is -3.81. The molecule has 0 bridgehead atoms. The molecular weight excluding hydrogens is 513 g/mol. The summed E-state index contributed by atoms with van der Waals surface area (Å²) in [6, 6.07) is 9.19. The Kier molecular flexibility index (Phi) is 6.20. The third-order valence-corrected chi connectivity index (χ3v) is 6.72. The third-order valence-electron chi connectivity index (χ3n) is 6.18. The first-order chi connectivity index (χ1) is 17.3. The highest BCUT2D eigenvalue weighted by Crippen LogP contribution is 2.38. The molecule has 1 fully saturated rings. The maximum Gasteiger partial charge on any atom is 0.407 e. The Bertz CT molecular complexity index is 1580. The van der Waals surface area contributed by atoms with E-state index in [4.69, 9.17) is 28.5 Å². The second-order valence-electron chi connectivity index (χ2n) is 8.20. The van der Waals surface area contributed by atoms with E-state index >= 15 is 4.39 Å². The molecule has 182 valence electrons. The average Bonchev–Trinajstić information content (AvgIpc) is 2.86. The minimum Gasteiger partial charge on any atom is -0.465 e. The van der Waals surface area contributed by atoms with E-state index in [0.29, 0.717) is 10.8 Å². The molecule has 2 aromatic heterocycles. The molecule has 0 radical (unpaired) electrons. The number of piperazine rings is 1. The minimum absolute atomic E-state index is 0.0191. The van der Waals surface area contributed by atoms with E-state index < -0.39 is 23.8 Å². The summed E-state index contributed by atoms with van der Waals surface area (Å²) < 4.78 is 30.1. The van der Waals surface area contributed by atoms with Crippen LogP contribution in [0.2, 0.25) is 10.3 Å². The lowest BCUT2D eigenvalue weighted by Gasteiger charge is -2.39. The van der Waals surface area contributed by atoms with E-state index in [0.717, 1.165) is 0 Å². The Labute approximate surface area is 213 Å². The summed E-state index contributed by atoms with van der Waals surface area (Å²) in [6.45, 7) is 0.529. The number of carboxylic acid groups (broad SMARTS) is 1. The highest BCUT2D eigenvalue weighted by atomic mass is 35.5.